The van der Waals surface area contributed by atoms with E-state index >= 15 is 0 Å². The maximum atomic E-state index is 5.91. The van der Waals surface area contributed by atoms with Crippen molar-refractivity contribution in [2.75, 3.05) is 0 Å². The smallest absolute Gasteiger partial charge is 0.0624 e. The number of nitrogens with zero attached hydrogens (tertiary/aromatic N) is 1. The van der Waals surface area contributed by atoms with Crippen LogP contribution in [0.3, 0.4) is 0 Å². The van der Waals surface area contributed by atoms with Crippen molar-refractivity contribution in [1.29, 1.82) is 0 Å². The molecule has 58 valence electrons. The van der Waals surface area contributed by atoms with Crippen molar-refractivity contribution in [3.63, 3.8) is 0 Å². The third-order valence-corrected chi connectivity index (χ3v) is 2.36. The summed E-state index contributed by atoms with van der Waals surface area (Å²) in [6.07, 6.45) is 4.48. The van der Waals surface area contributed by atoms with Gasteiger partial charge >= 0.3 is 0 Å². The minimum absolute atomic E-state index is 0.315. The van der Waals surface area contributed by atoms with Gasteiger partial charge in [0.2, 0.25) is 0 Å². The molecule has 11 heavy (non-hydrogen) atoms. The first kappa shape index (κ1) is 7.07. The normalized spacial score (nSPS) is 28.5. The summed E-state index contributed by atoms with van der Waals surface area (Å²) in [5.74, 6) is 0.477. The zero-order valence-electron chi connectivity index (χ0n) is 6.00. The van der Waals surface area contributed by atoms with Gasteiger partial charge < -0.3 is 5.73 Å². The number of hydrogen-bond acceptors (Lipinski definition) is 2. The zero-order valence-corrected chi connectivity index (χ0v) is 6.75. The Labute approximate surface area is 70.4 Å². The van der Waals surface area contributed by atoms with Crippen LogP contribution in [0.2, 0.25) is 5.02 Å². The Bertz CT molecular complexity index is 275. The van der Waals surface area contributed by atoms with Gasteiger partial charge in [-0.25, -0.2) is 0 Å². The lowest BCUT2D eigenvalue weighted by molar-refractivity contribution is 0.986. The van der Waals surface area contributed by atoms with Crippen LogP contribution in [0.15, 0.2) is 18.5 Å². The van der Waals surface area contributed by atoms with Gasteiger partial charge in [0.25, 0.3) is 0 Å². The fraction of sp³-hybridized carbons (Fsp3) is 0.375. The summed E-state index contributed by atoms with van der Waals surface area (Å²) in [4.78, 5) is 3.91. The number of rotatable bonds is 1. The molecule has 1 aromatic rings. The monoisotopic (exact) mass is 168 g/mol. The van der Waals surface area contributed by atoms with Crippen LogP contribution in [-0.2, 0) is 0 Å². The molecule has 0 saturated heterocycles. The molecule has 2 N–H and O–H groups in total. The summed E-state index contributed by atoms with van der Waals surface area (Å²) in [6, 6.07) is 2.26. The summed E-state index contributed by atoms with van der Waals surface area (Å²) in [5, 5.41) is 0.741. The van der Waals surface area contributed by atoms with E-state index in [-0.39, 0.29) is 0 Å². The molecule has 2 nitrogen and oxygen atoms in total. The second-order valence-electron chi connectivity index (χ2n) is 2.90. The average molecular weight is 169 g/mol. The van der Waals surface area contributed by atoms with Crippen molar-refractivity contribution < 1.29 is 0 Å². The number of aromatic nitrogens is 1. The van der Waals surface area contributed by atoms with E-state index in [0.717, 1.165) is 17.0 Å². The van der Waals surface area contributed by atoms with Gasteiger partial charge in [0, 0.05) is 24.4 Å². The highest BCUT2D eigenvalue weighted by Crippen LogP contribution is 2.41. The van der Waals surface area contributed by atoms with E-state index in [2.05, 4.69) is 4.98 Å². The van der Waals surface area contributed by atoms with Crippen LogP contribution in [0, 0.1) is 0 Å². The Balaban J connectivity index is 2.31. The van der Waals surface area contributed by atoms with Gasteiger partial charge in [0.15, 0.2) is 0 Å². The molecule has 1 heterocycles. The Morgan fingerprint density at radius 3 is 2.91 bits per heavy atom. The lowest BCUT2D eigenvalue weighted by Gasteiger charge is -1.99. The van der Waals surface area contributed by atoms with Crippen LogP contribution in [0.5, 0.6) is 0 Å². The second kappa shape index (κ2) is 2.47. The Morgan fingerprint density at radius 1 is 1.64 bits per heavy atom. The zero-order chi connectivity index (χ0) is 7.84. The maximum absolute atomic E-state index is 5.91. The molecule has 1 aliphatic rings. The molecule has 2 atom stereocenters. The van der Waals surface area contributed by atoms with Crippen molar-refractivity contribution in [3.8, 4) is 0 Å². The van der Waals surface area contributed by atoms with Crippen molar-refractivity contribution in [3.05, 3.63) is 29.0 Å². The summed E-state index contributed by atoms with van der Waals surface area (Å²) in [6.45, 7) is 0. The molecule has 0 aliphatic heterocycles. The number of pyridine rings is 1. The molecule has 2 unspecified atom stereocenters. The maximum Gasteiger partial charge on any atom is 0.0624 e. The van der Waals surface area contributed by atoms with Crippen LogP contribution in [0.25, 0.3) is 0 Å². The minimum atomic E-state index is 0.315. The highest BCUT2D eigenvalue weighted by Gasteiger charge is 2.35. The predicted octanol–water partition coefficient (Wildman–Crippen LogP) is 1.55. The lowest BCUT2D eigenvalue weighted by atomic mass is 10.2. The van der Waals surface area contributed by atoms with Gasteiger partial charge in [0.05, 0.1) is 5.02 Å². The van der Waals surface area contributed by atoms with Gasteiger partial charge in [-0.1, -0.05) is 11.6 Å². The van der Waals surface area contributed by atoms with E-state index in [1.165, 1.54) is 0 Å². The van der Waals surface area contributed by atoms with Gasteiger partial charge in [-0.15, -0.1) is 0 Å². The van der Waals surface area contributed by atoms with Crippen LogP contribution in [0.4, 0.5) is 0 Å². The van der Waals surface area contributed by atoms with Crippen molar-refractivity contribution in [2.24, 2.45) is 5.73 Å². The van der Waals surface area contributed by atoms with Gasteiger partial charge in [-0.05, 0) is 18.1 Å². The number of halogens is 1. The van der Waals surface area contributed by atoms with Gasteiger partial charge in [0.1, 0.15) is 0 Å². The van der Waals surface area contributed by atoms with Gasteiger partial charge in [-0.2, -0.15) is 0 Å². The standard InChI is InChI=1S/C8H9ClN2/c9-7-4-11-2-1-5(7)6-3-8(6)10/h1-2,4,6,8H,3,10H2. The van der Waals surface area contributed by atoms with E-state index < -0.39 is 0 Å². The summed E-state index contributed by atoms with van der Waals surface area (Å²) in [7, 11) is 0. The fourth-order valence-electron chi connectivity index (χ4n) is 1.26. The van der Waals surface area contributed by atoms with Crippen molar-refractivity contribution in [1.82, 2.24) is 4.98 Å². The molecule has 0 bridgehead atoms. The Kier molecular flexibility index (Phi) is 1.59. The highest BCUT2D eigenvalue weighted by atomic mass is 35.5. The summed E-state index contributed by atoms with van der Waals surface area (Å²) < 4.78 is 0. The van der Waals surface area contributed by atoms with Crippen LogP contribution in [0.1, 0.15) is 17.9 Å². The molecular weight excluding hydrogens is 160 g/mol. The third-order valence-electron chi connectivity index (χ3n) is 2.04. The van der Waals surface area contributed by atoms with E-state index in [1.807, 2.05) is 6.07 Å². The van der Waals surface area contributed by atoms with Crippen molar-refractivity contribution in [2.45, 2.75) is 18.4 Å². The Hall–Kier alpha value is -0.600. The molecule has 1 aliphatic carbocycles. The van der Waals surface area contributed by atoms with Crippen molar-refractivity contribution >= 4 is 11.6 Å². The summed E-state index contributed by atoms with van der Waals surface area (Å²) in [5.41, 5.74) is 6.84. The molecule has 1 aromatic heterocycles. The van der Waals surface area contributed by atoms with E-state index in [9.17, 15) is 0 Å². The first-order valence-corrected chi connectivity index (χ1v) is 4.02. The number of hydrogen-bond donors (Lipinski definition) is 1. The molecule has 0 radical (unpaired) electrons. The lowest BCUT2D eigenvalue weighted by Crippen LogP contribution is -2.01. The van der Waals surface area contributed by atoms with Gasteiger partial charge in [-0.3, -0.25) is 4.98 Å². The number of nitrogens with two attached hydrogens (primary N) is 1. The van der Waals surface area contributed by atoms with Crippen LogP contribution < -0.4 is 5.73 Å². The molecular formula is C8H9ClN2. The molecule has 1 fully saturated rings. The molecule has 3 heteroatoms. The molecule has 1 saturated carbocycles. The van der Waals surface area contributed by atoms with E-state index in [4.69, 9.17) is 17.3 Å². The molecule has 2 rings (SSSR count). The molecule has 0 amide bonds. The first-order valence-electron chi connectivity index (χ1n) is 3.64. The Morgan fingerprint density at radius 2 is 2.36 bits per heavy atom. The van der Waals surface area contributed by atoms with E-state index in [1.54, 1.807) is 12.4 Å². The predicted molar refractivity (Wildman–Crippen MR) is 44.6 cm³/mol. The van der Waals surface area contributed by atoms with Crippen LogP contribution >= 0.6 is 11.6 Å². The quantitative estimate of drug-likeness (QED) is 0.691. The fourth-order valence-corrected chi connectivity index (χ4v) is 1.52. The second-order valence-corrected chi connectivity index (χ2v) is 3.31. The first-order chi connectivity index (χ1) is 5.29. The third kappa shape index (κ3) is 1.24. The molecule has 0 spiro atoms. The molecule has 0 aromatic carbocycles. The van der Waals surface area contributed by atoms with E-state index in [0.29, 0.717) is 12.0 Å². The average Bonchev–Trinajstić information content (AvgIpc) is 2.68. The highest BCUT2D eigenvalue weighted by molar-refractivity contribution is 6.31. The SMILES string of the molecule is NC1CC1c1ccncc1Cl. The minimum Gasteiger partial charge on any atom is -0.327 e. The largest absolute Gasteiger partial charge is 0.327 e. The topological polar surface area (TPSA) is 38.9 Å². The van der Waals surface area contributed by atoms with Crippen LogP contribution in [-0.4, -0.2) is 11.0 Å². The summed E-state index contributed by atoms with van der Waals surface area (Å²) >= 11 is 5.91.